The molecule has 2 atom stereocenters. The summed E-state index contributed by atoms with van der Waals surface area (Å²) in [5, 5.41) is 0. The Morgan fingerprint density at radius 2 is 1.69 bits per heavy atom. The third-order valence-corrected chi connectivity index (χ3v) is 7.61. The van der Waals surface area contributed by atoms with Crippen LogP contribution in [0.5, 0.6) is 5.75 Å². The first-order valence-electron chi connectivity index (χ1n) is 12.5. The molecular weight excluding hydrogens is 356 g/mol. The standard InChI is InChI=1S/C26H42N2O/c1-2-3-4-8-20-29-24-15-13-22(14-16-24)21-28-19-18-27-17-9-12-25(27)26(28)23-10-6-5-7-11-23/h13-16,23,25-26H,2-12,17-21H2,1H3/t25-,26-/m0/s1. The van der Waals surface area contributed by atoms with Gasteiger partial charge in [-0.15, -0.1) is 0 Å². The number of fused-ring (bicyclic) bond motifs is 1. The maximum atomic E-state index is 5.95. The zero-order valence-corrected chi connectivity index (χ0v) is 18.7. The highest BCUT2D eigenvalue weighted by atomic mass is 16.5. The van der Waals surface area contributed by atoms with Crippen LogP contribution in [0.25, 0.3) is 0 Å². The molecule has 0 radical (unpaired) electrons. The molecule has 0 aromatic heterocycles. The number of rotatable bonds is 9. The van der Waals surface area contributed by atoms with Gasteiger partial charge in [-0.25, -0.2) is 0 Å². The van der Waals surface area contributed by atoms with Crippen molar-refractivity contribution in [1.29, 1.82) is 0 Å². The SMILES string of the molecule is CCCCCCOc1ccc(CN2CCN3CCC[C@H]3[C@@H]2C2CCCCC2)cc1. The van der Waals surface area contributed by atoms with Crippen molar-refractivity contribution in [3.05, 3.63) is 29.8 Å². The number of ether oxygens (including phenoxy) is 1. The molecule has 0 N–H and O–H groups in total. The summed E-state index contributed by atoms with van der Waals surface area (Å²) in [7, 11) is 0. The molecule has 3 fully saturated rings. The molecule has 2 aliphatic heterocycles. The third kappa shape index (κ3) is 5.55. The van der Waals surface area contributed by atoms with Gasteiger partial charge in [0.1, 0.15) is 5.75 Å². The molecule has 1 aliphatic carbocycles. The van der Waals surface area contributed by atoms with Crippen molar-refractivity contribution < 1.29 is 4.74 Å². The molecule has 0 bridgehead atoms. The van der Waals surface area contributed by atoms with Gasteiger partial charge in [-0.3, -0.25) is 9.80 Å². The molecule has 3 aliphatic rings. The molecule has 2 heterocycles. The topological polar surface area (TPSA) is 15.7 Å². The average Bonchev–Trinajstić information content (AvgIpc) is 3.24. The van der Waals surface area contributed by atoms with Gasteiger partial charge in [-0.1, -0.05) is 57.6 Å². The van der Waals surface area contributed by atoms with Gasteiger partial charge >= 0.3 is 0 Å². The number of benzene rings is 1. The highest BCUT2D eigenvalue weighted by molar-refractivity contribution is 5.27. The summed E-state index contributed by atoms with van der Waals surface area (Å²) in [6.45, 7) is 8.08. The smallest absolute Gasteiger partial charge is 0.119 e. The summed E-state index contributed by atoms with van der Waals surface area (Å²) in [5.74, 6) is 1.95. The van der Waals surface area contributed by atoms with Crippen LogP contribution < -0.4 is 4.74 Å². The van der Waals surface area contributed by atoms with Crippen LogP contribution >= 0.6 is 0 Å². The van der Waals surface area contributed by atoms with Crippen LogP contribution in [-0.4, -0.2) is 48.1 Å². The largest absolute Gasteiger partial charge is 0.494 e. The fraction of sp³-hybridized carbons (Fsp3) is 0.769. The normalized spacial score (nSPS) is 26.5. The van der Waals surface area contributed by atoms with E-state index in [1.807, 2.05) is 0 Å². The second-order valence-electron chi connectivity index (χ2n) is 9.66. The summed E-state index contributed by atoms with van der Waals surface area (Å²) in [6.07, 6.45) is 15.1. The lowest BCUT2D eigenvalue weighted by atomic mass is 9.78. The van der Waals surface area contributed by atoms with E-state index < -0.39 is 0 Å². The van der Waals surface area contributed by atoms with E-state index in [0.717, 1.165) is 36.9 Å². The maximum Gasteiger partial charge on any atom is 0.119 e. The van der Waals surface area contributed by atoms with Crippen molar-refractivity contribution in [2.24, 2.45) is 5.92 Å². The maximum absolute atomic E-state index is 5.95. The highest BCUT2D eigenvalue weighted by Crippen LogP contribution is 2.38. The lowest BCUT2D eigenvalue weighted by Gasteiger charge is -2.49. The Morgan fingerprint density at radius 3 is 2.48 bits per heavy atom. The van der Waals surface area contributed by atoms with E-state index in [1.165, 1.54) is 95.8 Å². The molecule has 1 aromatic carbocycles. The van der Waals surface area contributed by atoms with E-state index >= 15 is 0 Å². The van der Waals surface area contributed by atoms with Crippen LogP contribution in [0.1, 0.15) is 83.1 Å². The summed E-state index contributed by atoms with van der Waals surface area (Å²) >= 11 is 0. The second-order valence-corrected chi connectivity index (χ2v) is 9.66. The molecule has 3 nitrogen and oxygen atoms in total. The van der Waals surface area contributed by atoms with Crippen LogP contribution in [0.2, 0.25) is 0 Å². The molecule has 4 rings (SSSR count). The number of piperazine rings is 1. The fourth-order valence-corrected chi connectivity index (χ4v) is 6.08. The van der Waals surface area contributed by atoms with E-state index in [1.54, 1.807) is 0 Å². The summed E-state index contributed by atoms with van der Waals surface area (Å²) in [4.78, 5) is 5.66. The van der Waals surface area contributed by atoms with Gasteiger partial charge in [0.15, 0.2) is 0 Å². The van der Waals surface area contributed by atoms with Crippen LogP contribution in [0.3, 0.4) is 0 Å². The highest BCUT2D eigenvalue weighted by Gasteiger charge is 2.42. The molecule has 2 saturated heterocycles. The Morgan fingerprint density at radius 1 is 0.862 bits per heavy atom. The van der Waals surface area contributed by atoms with E-state index in [2.05, 4.69) is 41.0 Å². The predicted molar refractivity (Wildman–Crippen MR) is 121 cm³/mol. The van der Waals surface area contributed by atoms with Crippen molar-refractivity contribution in [3.8, 4) is 5.75 Å². The third-order valence-electron chi connectivity index (χ3n) is 7.61. The van der Waals surface area contributed by atoms with Gasteiger partial charge in [0.25, 0.3) is 0 Å². The molecule has 1 aromatic rings. The van der Waals surface area contributed by atoms with Gasteiger partial charge in [0.05, 0.1) is 6.61 Å². The Labute approximate surface area is 178 Å². The van der Waals surface area contributed by atoms with E-state index in [9.17, 15) is 0 Å². The molecule has 1 saturated carbocycles. The molecule has 0 unspecified atom stereocenters. The van der Waals surface area contributed by atoms with Crippen LogP contribution in [0.15, 0.2) is 24.3 Å². The first-order chi connectivity index (χ1) is 14.3. The first kappa shape index (κ1) is 21.2. The lowest BCUT2D eigenvalue weighted by Crippen LogP contribution is -2.59. The van der Waals surface area contributed by atoms with Gasteiger partial charge in [-0.2, -0.15) is 0 Å². The zero-order valence-electron chi connectivity index (χ0n) is 18.7. The molecule has 0 amide bonds. The van der Waals surface area contributed by atoms with Crippen molar-refractivity contribution in [1.82, 2.24) is 9.80 Å². The summed E-state index contributed by atoms with van der Waals surface area (Å²) < 4.78 is 5.95. The Kier molecular flexibility index (Phi) is 7.90. The minimum absolute atomic E-state index is 0.779. The minimum Gasteiger partial charge on any atom is -0.494 e. The van der Waals surface area contributed by atoms with Gasteiger partial charge in [0.2, 0.25) is 0 Å². The number of nitrogens with zero attached hydrogens (tertiary/aromatic N) is 2. The Balaban J connectivity index is 1.35. The van der Waals surface area contributed by atoms with E-state index in [-0.39, 0.29) is 0 Å². The minimum atomic E-state index is 0.779. The van der Waals surface area contributed by atoms with Crippen molar-refractivity contribution in [3.63, 3.8) is 0 Å². The Hall–Kier alpha value is -1.06. The molecule has 29 heavy (non-hydrogen) atoms. The zero-order chi connectivity index (χ0) is 19.9. The van der Waals surface area contributed by atoms with E-state index in [0.29, 0.717) is 0 Å². The van der Waals surface area contributed by atoms with Crippen molar-refractivity contribution in [2.45, 2.75) is 96.2 Å². The summed E-state index contributed by atoms with van der Waals surface area (Å²) in [5.41, 5.74) is 1.45. The molecule has 3 heteroatoms. The average molecular weight is 399 g/mol. The van der Waals surface area contributed by atoms with Crippen LogP contribution in [-0.2, 0) is 6.54 Å². The second kappa shape index (κ2) is 10.8. The summed E-state index contributed by atoms with van der Waals surface area (Å²) in [6, 6.07) is 10.6. The monoisotopic (exact) mass is 398 g/mol. The fourth-order valence-electron chi connectivity index (χ4n) is 6.08. The predicted octanol–water partition coefficient (Wildman–Crippen LogP) is 5.87. The van der Waals surface area contributed by atoms with Crippen molar-refractivity contribution >= 4 is 0 Å². The number of hydrogen-bond acceptors (Lipinski definition) is 3. The molecule has 0 spiro atoms. The molecular formula is C26H42N2O. The molecule has 162 valence electrons. The number of unbranched alkanes of at least 4 members (excludes halogenated alkanes) is 3. The number of hydrogen-bond donors (Lipinski definition) is 0. The van der Waals surface area contributed by atoms with Crippen molar-refractivity contribution in [2.75, 3.05) is 26.2 Å². The van der Waals surface area contributed by atoms with E-state index in [4.69, 9.17) is 4.74 Å². The van der Waals surface area contributed by atoms with Crippen LogP contribution in [0, 0.1) is 5.92 Å². The van der Waals surface area contributed by atoms with Gasteiger partial charge < -0.3 is 4.74 Å². The van der Waals surface area contributed by atoms with Gasteiger partial charge in [0, 0.05) is 31.7 Å². The van der Waals surface area contributed by atoms with Gasteiger partial charge in [-0.05, 0) is 62.3 Å². The van der Waals surface area contributed by atoms with Crippen LogP contribution in [0.4, 0.5) is 0 Å². The first-order valence-corrected chi connectivity index (χ1v) is 12.5. The Bertz CT molecular complexity index is 595. The lowest BCUT2D eigenvalue weighted by molar-refractivity contribution is -0.00380. The quantitative estimate of drug-likeness (QED) is 0.484.